The van der Waals surface area contributed by atoms with Crippen LogP contribution in [0, 0.1) is 0 Å². The first-order chi connectivity index (χ1) is 9.80. The van der Waals surface area contributed by atoms with Gasteiger partial charge in [0.2, 0.25) is 0 Å². The Balaban J connectivity index is 2.08. The van der Waals surface area contributed by atoms with Crippen LogP contribution < -0.4 is 10.1 Å². The molecule has 0 aliphatic heterocycles. The fraction of sp³-hybridized carbons (Fsp3) is 0.647. The summed E-state index contributed by atoms with van der Waals surface area (Å²) in [7, 11) is 3.47. The maximum Gasteiger partial charge on any atom is 0.118 e. The van der Waals surface area contributed by atoms with Gasteiger partial charge in [-0.05, 0) is 30.5 Å². The van der Waals surface area contributed by atoms with Crippen molar-refractivity contribution < 1.29 is 9.47 Å². The van der Waals surface area contributed by atoms with Crippen molar-refractivity contribution in [2.75, 3.05) is 33.9 Å². The van der Waals surface area contributed by atoms with Crippen LogP contribution in [-0.2, 0) is 10.2 Å². The SMILES string of the molecule is COCCNCC1(c2ccc(OC)cc2)CCCCC1. The van der Waals surface area contributed by atoms with Crippen molar-refractivity contribution in [3.63, 3.8) is 0 Å². The van der Waals surface area contributed by atoms with Gasteiger partial charge in [0.1, 0.15) is 5.75 Å². The monoisotopic (exact) mass is 277 g/mol. The Kier molecular flexibility index (Phi) is 5.86. The molecule has 0 saturated heterocycles. The highest BCUT2D eigenvalue weighted by atomic mass is 16.5. The summed E-state index contributed by atoms with van der Waals surface area (Å²) >= 11 is 0. The van der Waals surface area contributed by atoms with E-state index in [1.807, 2.05) is 0 Å². The molecule has 1 saturated carbocycles. The minimum absolute atomic E-state index is 0.290. The van der Waals surface area contributed by atoms with E-state index in [9.17, 15) is 0 Å². The van der Waals surface area contributed by atoms with E-state index >= 15 is 0 Å². The number of methoxy groups -OCH3 is 2. The predicted molar refractivity (Wildman–Crippen MR) is 82.5 cm³/mol. The standard InChI is InChI=1S/C17H27NO2/c1-19-13-12-18-14-17(10-4-3-5-11-17)15-6-8-16(20-2)9-7-15/h6-9,18H,3-5,10-14H2,1-2H3. The van der Waals surface area contributed by atoms with Gasteiger partial charge in [0, 0.05) is 25.6 Å². The van der Waals surface area contributed by atoms with E-state index in [0.29, 0.717) is 0 Å². The second kappa shape index (κ2) is 7.65. The fourth-order valence-corrected chi connectivity index (χ4v) is 3.24. The van der Waals surface area contributed by atoms with Crippen LogP contribution in [0.3, 0.4) is 0 Å². The highest BCUT2D eigenvalue weighted by Crippen LogP contribution is 2.39. The number of ether oxygens (including phenoxy) is 2. The molecule has 2 rings (SSSR count). The van der Waals surface area contributed by atoms with Crippen molar-refractivity contribution in [2.24, 2.45) is 0 Å². The zero-order valence-electron chi connectivity index (χ0n) is 12.8. The molecule has 0 heterocycles. The molecule has 1 aromatic carbocycles. The number of rotatable bonds is 7. The molecule has 0 unspecified atom stereocenters. The van der Waals surface area contributed by atoms with Crippen LogP contribution in [0.1, 0.15) is 37.7 Å². The lowest BCUT2D eigenvalue weighted by atomic mass is 9.69. The van der Waals surface area contributed by atoms with Crippen molar-refractivity contribution in [2.45, 2.75) is 37.5 Å². The second-order valence-corrected chi connectivity index (χ2v) is 5.74. The Morgan fingerprint density at radius 1 is 1.05 bits per heavy atom. The van der Waals surface area contributed by atoms with Gasteiger partial charge in [-0.1, -0.05) is 31.4 Å². The summed E-state index contributed by atoms with van der Waals surface area (Å²) in [6, 6.07) is 8.64. The van der Waals surface area contributed by atoms with Crippen molar-refractivity contribution >= 4 is 0 Å². The third-order valence-electron chi connectivity index (χ3n) is 4.46. The van der Waals surface area contributed by atoms with Crippen LogP contribution in [-0.4, -0.2) is 33.9 Å². The molecule has 0 aromatic heterocycles. The maximum absolute atomic E-state index is 5.27. The summed E-state index contributed by atoms with van der Waals surface area (Å²) in [6.45, 7) is 2.75. The number of nitrogens with one attached hydrogen (secondary N) is 1. The topological polar surface area (TPSA) is 30.5 Å². The van der Waals surface area contributed by atoms with Crippen molar-refractivity contribution in [3.8, 4) is 5.75 Å². The molecule has 1 aromatic rings. The normalized spacial score (nSPS) is 17.9. The molecule has 0 bridgehead atoms. The first-order valence-electron chi connectivity index (χ1n) is 7.65. The lowest BCUT2D eigenvalue weighted by Crippen LogP contribution is -2.40. The highest BCUT2D eigenvalue weighted by Gasteiger charge is 2.33. The van der Waals surface area contributed by atoms with E-state index in [2.05, 4.69) is 29.6 Å². The quantitative estimate of drug-likeness (QED) is 0.777. The summed E-state index contributed by atoms with van der Waals surface area (Å²) < 4.78 is 10.4. The molecule has 1 fully saturated rings. The summed E-state index contributed by atoms with van der Waals surface area (Å²) in [6.07, 6.45) is 6.59. The van der Waals surface area contributed by atoms with Crippen LogP contribution in [0.5, 0.6) is 5.75 Å². The minimum atomic E-state index is 0.290. The molecule has 3 heteroatoms. The third kappa shape index (κ3) is 3.74. The van der Waals surface area contributed by atoms with E-state index in [4.69, 9.17) is 9.47 Å². The molecule has 0 radical (unpaired) electrons. The first-order valence-corrected chi connectivity index (χ1v) is 7.65. The van der Waals surface area contributed by atoms with Crippen LogP contribution in [0.2, 0.25) is 0 Å². The summed E-state index contributed by atoms with van der Waals surface area (Å²) in [5.41, 5.74) is 1.74. The molecule has 1 aliphatic rings. The van der Waals surface area contributed by atoms with E-state index < -0.39 is 0 Å². The molecular weight excluding hydrogens is 250 g/mol. The Morgan fingerprint density at radius 3 is 2.35 bits per heavy atom. The van der Waals surface area contributed by atoms with Gasteiger partial charge in [0.05, 0.1) is 13.7 Å². The summed E-state index contributed by atoms with van der Waals surface area (Å²) in [5, 5.41) is 3.57. The molecule has 1 aliphatic carbocycles. The molecule has 3 nitrogen and oxygen atoms in total. The van der Waals surface area contributed by atoms with Gasteiger partial charge in [0.25, 0.3) is 0 Å². The van der Waals surface area contributed by atoms with Crippen molar-refractivity contribution in [1.82, 2.24) is 5.32 Å². The predicted octanol–water partition coefficient (Wildman–Crippen LogP) is 3.13. The Labute approximate surface area is 122 Å². The van der Waals surface area contributed by atoms with Crippen LogP contribution >= 0.6 is 0 Å². The summed E-state index contributed by atoms with van der Waals surface area (Å²) in [4.78, 5) is 0. The molecule has 0 atom stereocenters. The Bertz CT molecular complexity index is 382. The van der Waals surface area contributed by atoms with Gasteiger partial charge in [-0.2, -0.15) is 0 Å². The van der Waals surface area contributed by atoms with Gasteiger partial charge in [-0.3, -0.25) is 0 Å². The van der Waals surface area contributed by atoms with E-state index in [1.165, 1.54) is 37.7 Å². The molecule has 112 valence electrons. The molecule has 0 spiro atoms. The second-order valence-electron chi connectivity index (χ2n) is 5.74. The fourth-order valence-electron chi connectivity index (χ4n) is 3.24. The first kappa shape index (κ1) is 15.3. The van der Waals surface area contributed by atoms with E-state index in [-0.39, 0.29) is 5.41 Å². The van der Waals surface area contributed by atoms with Crippen LogP contribution in [0.15, 0.2) is 24.3 Å². The van der Waals surface area contributed by atoms with Crippen molar-refractivity contribution in [3.05, 3.63) is 29.8 Å². The molecule has 1 N–H and O–H groups in total. The van der Waals surface area contributed by atoms with Crippen LogP contribution in [0.25, 0.3) is 0 Å². The third-order valence-corrected chi connectivity index (χ3v) is 4.46. The van der Waals surface area contributed by atoms with Gasteiger partial charge >= 0.3 is 0 Å². The van der Waals surface area contributed by atoms with Gasteiger partial charge < -0.3 is 14.8 Å². The van der Waals surface area contributed by atoms with E-state index in [0.717, 1.165) is 25.4 Å². The average Bonchev–Trinajstić information content (AvgIpc) is 2.53. The number of hydrogen-bond donors (Lipinski definition) is 1. The zero-order valence-corrected chi connectivity index (χ0v) is 12.8. The number of hydrogen-bond acceptors (Lipinski definition) is 3. The molecule has 20 heavy (non-hydrogen) atoms. The van der Waals surface area contributed by atoms with Crippen molar-refractivity contribution in [1.29, 1.82) is 0 Å². The molecular formula is C17H27NO2. The van der Waals surface area contributed by atoms with Gasteiger partial charge in [0.15, 0.2) is 0 Å². The maximum atomic E-state index is 5.27. The Morgan fingerprint density at radius 2 is 1.75 bits per heavy atom. The number of benzene rings is 1. The van der Waals surface area contributed by atoms with Gasteiger partial charge in [-0.25, -0.2) is 0 Å². The summed E-state index contributed by atoms with van der Waals surface area (Å²) in [5.74, 6) is 0.937. The molecule has 0 amide bonds. The zero-order chi connectivity index (χ0) is 14.3. The lowest BCUT2D eigenvalue weighted by Gasteiger charge is -2.38. The minimum Gasteiger partial charge on any atom is -0.497 e. The Hall–Kier alpha value is -1.06. The average molecular weight is 277 g/mol. The largest absolute Gasteiger partial charge is 0.497 e. The lowest BCUT2D eigenvalue weighted by molar-refractivity contribution is 0.192. The van der Waals surface area contributed by atoms with Gasteiger partial charge in [-0.15, -0.1) is 0 Å². The van der Waals surface area contributed by atoms with E-state index in [1.54, 1.807) is 14.2 Å². The van der Waals surface area contributed by atoms with Crippen LogP contribution in [0.4, 0.5) is 0 Å². The highest BCUT2D eigenvalue weighted by molar-refractivity contribution is 5.33. The smallest absolute Gasteiger partial charge is 0.118 e.